The molecule has 2 aromatic rings. The van der Waals surface area contributed by atoms with Crippen LogP contribution >= 0.6 is 11.8 Å². The van der Waals surface area contributed by atoms with E-state index in [0.717, 1.165) is 12.1 Å². The highest BCUT2D eigenvalue weighted by molar-refractivity contribution is 7.99. The van der Waals surface area contributed by atoms with Crippen LogP contribution in [0.3, 0.4) is 0 Å². The van der Waals surface area contributed by atoms with Gasteiger partial charge < -0.3 is 5.32 Å². The first-order valence-electron chi connectivity index (χ1n) is 7.05. The van der Waals surface area contributed by atoms with Crippen LogP contribution in [-0.2, 0) is 7.05 Å². The molecule has 0 saturated heterocycles. The Labute approximate surface area is 125 Å². The van der Waals surface area contributed by atoms with E-state index in [1.807, 2.05) is 37.5 Å². The van der Waals surface area contributed by atoms with Gasteiger partial charge >= 0.3 is 0 Å². The van der Waals surface area contributed by atoms with Gasteiger partial charge in [-0.1, -0.05) is 37.3 Å². The molecule has 0 bridgehead atoms. The largest absolute Gasteiger partial charge is 0.312 e. The monoisotopic (exact) mass is 289 g/mol. The molecule has 2 rings (SSSR count). The molecule has 1 heterocycles. The molecule has 1 aromatic heterocycles. The predicted octanol–water partition coefficient (Wildman–Crippen LogP) is 3.56. The Bertz CT molecular complexity index is 536. The first-order valence-corrected chi connectivity index (χ1v) is 7.93. The van der Waals surface area contributed by atoms with Crippen molar-refractivity contribution >= 4 is 11.8 Å². The number of nitrogens with zero attached hydrogens (tertiary/aromatic N) is 2. The van der Waals surface area contributed by atoms with E-state index in [4.69, 9.17) is 0 Å². The molecule has 0 spiro atoms. The van der Waals surface area contributed by atoms with Crippen LogP contribution < -0.4 is 5.32 Å². The van der Waals surface area contributed by atoms with Crippen molar-refractivity contribution in [3.05, 3.63) is 47.7 Å². The second kappa shape index (κ2) is 6.95. The molecule has 0 amide bonds. The fourth-order valence-corrected chi connectivity index (χ4v) is 3.81. The summed E-state index contributed by atoms with van der Waals surface area (Å²) in [5.74, 6) is 0. The average molecular weight is 289 g/mol. The van der Waals surface area contributed by atoms with Gasteiger partial charge in [0.25, 0.3) is 0 Å². The topological polar surface area (TPSA) is 29.9 Å². The number of hydrogen-bond acceptors (Lipinski definition) is 3. The van der Waals surface area contributed by atoms with Crippen molar-refractivity contribution in [3.8, 4) is 0 Å². The Morgan fingerprint density at radius 2 is 2.00 bits per heavy atom. The Kier molecular flexibility index (Phi) is 5.26. The van der Waals surface area contributed by atoms with E-state index in [2.05, 4.69) is 53.7 Å². The molecule has 20 heavy (non-hydrogen) atoms. The standard InChI is InChI=1S/C16H23N3S/c1-5-14(20-15-11-12(2)18-19(15)4)16(17-3)13-9-7-6-8-10-13/h6-11,14,16-17H,5H2,1-4H3. The van der Waals surface area contributed by atoms with Crippen molar-refractivity contribution in [2.75, 3.05) is 7.05 Å². The summed E-state index contributed by atoms with van der Waals surface area (Å²) in [6.45, 7) is 4.28. The van der Waals surface area contributed by atoms with Crippen LogP contribution in [0.4, 0.5) is 0 Å². The van der Waals surface area contributed by atoms with Gasteiger partial charge in [0.1, 0.15) is 0 Å². The zero-order chi connectivity index (χ0) is 14.5. The number of benzene rings is 1. The number of aryl methyl sites for hydroxylation is 2. The third-order valence-electron chi connectivity index (χ3n) is 3.48. The maximum atomic E-state index is 4.43. The number of aromatic nitrogens is 2. The van der Waals surface area contributed by atoms with Crippen molar-refractivity contribution < 1.29 is 0 Å². The Morgan fingerprint density at radius 1 is 1.30 bits per heavy atom. The Morgan fingerprint density at radius 3 is 2.50 bits per heavy atom. The Balaban J connectivity index is 2.20. The van der Waals surface area contributed by atoms with Crippen molar-refractivity contribution in [2.45, 2.75) is 36.6 Å². The molecular weight excluding hydrogens is 266 g/mol. The molecule has 3 nitrogen and oxygen atoms in total. The van der Waals surface area contributed by atoms with Gasteiger partial charge in [0, 0.05) is 18.3 Å². The van der Waals surface area contributed by atoms with Crippen LogP contribution in [0.1, 0.15) is 30.6 Å². The third-order valence-corrected chi connectivity index (χ3v) is 5.01. The zero-order valence-corrected chi connectivity index (χ0v) is 13.4. The maximum absolute atomic E-state index is 4.43. The van der Waals surface area contributed by atoms with Gasteiger partial charge in [-0.2, -0.15) is 5.10 Å². The van der Waals surface area contributed by atoms with Crippen LogP contribution in [0, 0.1) is 6.92 Å². The van der Waals surface area contributed by atoms with Gasteiger partial charge in [0.15, 0.2) is 0 Å². The summed E-state index contributed by atoms with van der Waals surface area (Å²) in [5, 5.41) is 9.61. The van der Waals surface area contributed by atoms with E-state index in [1.165, 1.54) is 10.6 Å². The fourth-order valence-electron chi connectivity index (χ4n) is 2.47. The van der Waals surface area contributed by atoms with E-state index >= 15 is 0 Å². The minimum absolute atomic E-state index is 0.349. The minimum atomic E-state index is 0.349. The quantitative estimate of drug-likeness (QED) is 0.825. The number of hydrogen-bond donors (Lipinski definition) is 1. The summed E-state index contributed by atoms with van der Waals surface area (Å²) >= 11 is 1.90. The molecule has 4 heteroatoms. The molecule has 0 aliphatic carbocycles. The third kappa shape index (κ3) is 3.44. The normalized spacial score (nSPS) is 14.2. The molecular formula is C16H23N3S. The van der Waals surface area contributed by atoms with Gasteiger partial charge in [-0.15, -0.1) is 11.8 Å². The van der Waals surface area contributed by atoms with E-state index < -0.39 is 0 Å². The minimum Gasteiger partial charge on any atom is -0.312 e. The zero-order valence-electron chi connectivity index (χ0n) is 12.6. The summed E-state index contributed by atoms with van der Waals surface area (Å²) in [7, 11) is 4.05. The van der Waals surface area contributed by atoms with Crippen LogP contribution in [0.25, 0.3) is 0 Å². The summed E-state index contributed by atoms with van der Waals surface area (Å²) in [4.78, 5) is 0. The lowest BCUT2D eigenvalue weighted by molar-refractivity contribution is 0.553. The van der Waals surface area contributed by atoms with Crippen LogP contribution in [0.2, 0.25) is 0 Å². The predicted molar refractivity (Wildman–Crippen MR) is 86.1 cm³/mol. The molecule has 0 saturated carbocycles. The van der Waals surface area contributed by atoms with Crippen molar-refractivity contribution in [3.63, 3.8) is 0 Å². The highest BCUT2D eigenvalue weighted by atomic mass is 32.2. The SMILES string of the molecule is CCC(Sc1cc(C)nn1C)C(NC)c1ccccc1. The number of rotatable bonds is 6. The van der Waals surface area contributed by atoms with E-state index in [9.17, 15) is 0 Å². The highest BCUT2D eigenvalue weighted by Gasteiger charge is 2.22. The van der Waals surface area contributed by atoms with E-state index in [-0.39, 0.29) is 0 Å². The van der Waals surface area contributed by atoms with Gasteiger partial charge in [-0.3, -0.25) is 4.68 Å². The number of thioether (sulfide) groups is 1. The second-order valence-electron chi connectivity index (χ2n) is 4.99. The Hall–Kier alpha value is -1.26. The molecule has 1 aromatic carbocycles. The van der Waals surface area contributed by atoms with Gasteiger partial charge in [0.05, 0.1) is 10.7 Å². The first kappa shape index (κ1) is 15.1. The molecule has 0 fully saturated rings. The number of nitrogens with one attached hydrogen (secondary N) is 1. The molecule has 0 aliphatic heterocycles. The molecule has 2 atom stereocenters. The average Bonchev–Trinajstić information content (AvgIpc) is 2.77. The van der Waals surface area contributed by atoms with Crippen molar-refractivity contribution in [1.82, 2.24) is 15.1 Å². The van der Waals surface area contributed by atoms with Gasteiger partial charge in [-0.05, 0) is 32.0 Å². The van der Waals surface area contributed by atoms with Gasteiger partial charge in [-0.25, -0.2) is 0 Å². The fraction of sp³-hybridized carbons (Fsp3) is 0.438. The lowest BCUT2D eigenvalue weighted by Crippen LogP contribution is -2.27. The maximum Gasteiger partial charge on any atom is 0.0942 e. The summed E-state index contributed by atoms with van der Waals surface area (Å²) in [6.07, 6.45) is 1.11. The second-order valence-corrected chi connectivity index (χ2v) is 6.25. The smallest absolute Gasteiger partial charge is 0.0942 e. The molecule has 0 aliphatic rings. The first-order chi connectivity index (χ1) is 9.65. The molecule has 2 unspecified atom stereocenters. The van der Waals surface area contributed by atoms with E-state index in [0.29, 0.717) is 11.3 Å². The van der Waals surface area contributed by atoms with Crippen LogP contribution in [-0.4, -0.2) is 22.1 Å². The van der Waals surface area contributed by atoms with E-state index in [1.54, 1.807) is 0 Å². The highest BCUT2D eigenvalue weighted by Crippen LogP contribution is 2.34. The summed E-state index contributed by atoms with van der Waals surface area (Å²) in [6, 6.07) is 13.2. The lowest BCUT2D eigenvalue weighted by Gasteiger charge is -2.25. The lowest BCUT2D eigenvalue weighted by atomic mass is 10.0. The summed E-state index contributed by atoms with van der Waals surface area (Å²) in [5.41, 5.74) is 2.42. The molecule has 1 N–H and O–H groups in total. The molecule has 0 radical (unpaired) electrons. The summed E-state index contributed by atoms with van der Waals surface area (Å²) < 4.78 is 1.97. The van der Waals surface area contributed by atoms with Crippen LogP contribution in [0.5, 0.6) is 0 Å². The molecule has 108 valence electrons. The van der Waals surface area contributed by atoms with Gasteiger partial charge in [0.2, 0.25) is 0 Å². The van der Waals surface area contributed by atoms with Crippen molar-refractivity contribution in [2.24, 2.45) is 7.05 Å². The van der Waals surface area contributed by atoms with Crippen LogP contribution in [0.15, 0.2) is 41.4 Å². The van der Waals surface area contributed by atoms with Crippen molar-refractivity contribution in [1.29, 1.82) is 0 Å².